The quantitative estimate of drug-likeness (QED) is 0.515. The van der Waals surface area contributed by atoms with Gasteiger partial charge in [0, 0.05) is 11.3 Å². The van der Waals surface area contributed by atoms with Crippen LogP contribution in [0.2, 0.25) is 0 Å². The van der Waals surface area contributed by atoms with Crippen molar-refractivity contribution in [3.8, 4) is 0 Å². The Bertz CT molecular complexity index is 891. The molecular formula is C20H22N2O4S. The van der Waals surface area contributed by atoms with Gasteiger partial charge in [0.15, 0.2) is 0 Å². The van der Waals surface area contributed by atoms with E-state index >= 15 is 0 Å². The molecule has 0 unspecified atom stereocenters. The highest BCUT2D eigenvalue weighted by molar-refractivity contribution is 7.09. The van der Waals surface area contributed by atoms with Crippen molar-refractivity contribution in [2.24, 2.45) is 11.5 Å². The van der Waals surface area contributed by atoms with Crippen molar-refractivity contribution in [3.63, 3.8) is 0 Å². The normalized spacial score (nSPS) is 12.7. The molecule has 0 saturated heterocycles. The minimum Gasteiger partial charge on any atom is -0.480 e. The van der Waals surface area contributed by atoms with Gasteiger partial charge in [0.2, 0.25) is 0 Å². The lowest BCUT2D eigenvalue weighted by molar-refractivity contribution is -0.139. The number of hydrogen-bond donors (Lipinski definition) is 4. The van der Waals surface area contributed by atoms with Gasteiger partial charge in [-0.05, 0) is 34.2 Å². The van der Waals surface area contributed by atoms with E-state index in [0.717, 1.165) is 21.2 Å². The Morgan fingerprint density at radius 1 is 0.852 bits per heavy atom. The lowest BCUT2D eigenvalue weighted by atomic mass is 9.99. The summed E-state index contributed by atoms with van der Waals surface area (Å²) in [6, 6.07) is 15.9. The number of carboxylic acids is 2. The van der Waals surface area contributed by atoms with Gasteiger partial charge in [-0.3, -0.25) is 9.59 Å². The first kappa shape index (κ1) is 20.6. The van der Waals surface area contributed by atoms with Gasteiger partial charge in [-0.15, -0.1) is 11.3 Å². The first-order valence-corrected chi connectivity index (χ1v) is 9.22. The molecule has 7 heteroatoms. The molecule has 3 rings (SSSR count). The fraction of sp³-hybridized carbons (Fsp3) is 0.200. The third kappa shape index (κ3) is 6.18. The maximum absolute atomic E-state index is 10.7. The van der Waals surface area contributed by atoms with Crippen LogP contribution in [0, 0.1) is 0 Å². The number of carbonyl (C=O) groups is 2. The van der Waals surface area contributed by atoms with E-state index in [-0.39, 0.29) is 0 Å². The van der Waals surface area contributed by atoms with Gasteiger partial charge in [0.05, 0.1) is 0 Å². The van der Waals surface area contributed by atoms with Crippen molar-refractivity contribution >= 4 is 34.0 Å². The number of nitrogens with two attached hydrogens (primary N) is 2. The van der Waals surface area contributed by atoms with Crippen molar-refractivity contribution in [3.05, 3.63) is 70.4 Å². The number of fused-ring (bicyclic) bond motifs is 1. The van der Waals surface area contributed by atoms with Crippen molar-refractivity contribution in [1.82, 2.24) is 0 Å². The monoisotopic (exact) mass is 386 g/mol. The molecule has 27 heavy (non-hydrogen) atoms. The molecule has 0 saturated carbocycles. The summed E-state index contributed by atoms with van der Waals surface area (Å²) in [5, 5.41) is 21.3. The van der Waals surface area contributed by atoms with Crippen LogP contribution in [0.1, 0.15) is 10.4 Å². The number of carboxylic acid groups (broad SMARTS) is 2. The van der Waals surface area contributed by atoms with E-state index in [9.17, 15) is 9.59 Å². The minimum atomic E-state index is -0.965. The molecule has 1 heterocycles. The summed E-state index contributed by atoms with van der Waals surface area (Å²) < 4.78 is 0. The zero-order chi connectivity index (χ0) is 19.8. The molecule has 0 aliphatic heterocycles. The maximum Gasteiger partial charge on any atom is 0.320 e. The van der Waals surface area contributed by atoms with Crippen LogP contribution in [0.3, 0.4) is 0 Å². The van der Waals surface area contributed by atoms with Crippen LogP contribution < -0.4 is 11.5 Å². The van der Waals surface area contributed by atoms with Crippen molar-refractivity contribution in [1.29, 1.82) is 0 Å². The summed E-state index contributed by atoms with van der Waals surface area (Å²) in [4.78, 5) is 22.0. The first-order chi connectivity index (χ1) is 12.9. The molecule has 0 aliphatic carbocycles. The van der Waals surface area contributed by atoms with Crippen LogP contribution in [0.5, 0.6) is 0 Å². The Morgan fingerprint density at radius 3 is 2.11 bits per heavy atom. The number of rotatable bonds is 6. The Hall–Kier alpha value is -2.74. The average Bonchev–Trinajstić information content (AvgIpc) is 3.15. The predicted octanol–water partition coefficient (Wildman–Crippen LogP) is 2.50. The highest BCUT2D eigenvalue weighted by Crippen LogP contribution is 2.19. The van der Waals surface area contributed by atoms with E-state index in [4.69, 9.17) is 21.7 Å². The molecule has 6 N–H and O–H groups in total. The lowest BCUT2D eigenvalue weighted by Crippen LogP contribution is -2.32. The molecule has 0 bridgehead atoms. The number of aliphatic carboxylic acids is 2. The van der Waals surface area contributed by atoms with Gasteiger partial charge in [-0.25, -0.2) is 0 Å². The zero-order valence-corrected chi connectivity index (χ0v) is 15.4. The lowest BCUT2D eigenvalue weighted by Gasteiger charge is -2.09. The van der Waals surface area contributed by atoms with Gasteiger partial charge in [-0.2, -0.15) is 0 Å². The highest BCUT2D eigenvalue weighted by Gasteiger charge is 2.13. The Kier molecular flexibility index (Phi) is 7.48. The average molecular weight is 386 g/mol. The van der Waals surface area contributed by atoms with Gasteiger partial charge in [0.25, 0.3) is 0 Å². The number of benzene rings is 2. The van der Waals surface area contributed by atoms with Crippen LogP contribution in [0.4, 0.5) is 0 Å². The largest absolute Gasteiger partial charge is 0.480 e. The molecule has 2 atom stereocenters. The second kappa shape index (κ2) is 9.82. The van der Waals surface area contributed by atoms with Crippen LogP contribution in [0.25, 0.3) is 10.8 Å². The molecule has 0 amide bonds. The SMILES string of the molecule is N[C@@H](Cc1cccc2ccccc12)C(=O)O.N[C@@H](Cc1cccs1)C(=O)O. The minimum absolute atomic E-state index is 0.358. The van der Waals surface area contributed by atoms with Crippen LogP contribution in [-0.2, 0) is 22.4 Å². The van der Waals surface area contributed by atoms with Crippen LogP contribution in [-0.4, -0.2) is 34.2 Å². The van der Waals surface area contributed by atoms with E-state index < -0.39 is 24.0 Å². The van der Waals surface area contributed by atoms with Crippen molar-refractivity contribution < 1.29 is 19.8 Å². The van der Waals surface area contributed by atoms with Gasteiger partial charge in [-0.1, -0.05) is 48.5 Å². The Balaban J connectivity index is 0.000000208. The van der Waals surface area contributed by atoms with Crippen LogP contribution >= 0.6 is 11.3 Å². The van der Waals surface area contributed by atoms with E-state index in [2.05, 4.69) is 0 Å². The molecule has 0 fully saturated rings. The molecule has 1 aromatic heterocycles. The molecule has 2 aromatic carbocycles. The van der Waals surface area contributed by atoms with Gasteiger partial charge < -0.3 is 21.7 Å². The smallest absolute Gasteiger partial charge is 0.320 e. The standard InChI is InChI=1S/C13H13NO2.C7H9NO2S/c14-12(13(15)16)8-10-6-3-5-9-4-1-2-7-11(9)10;8-6(7(9)10)4-5-2-1-3-11-5/h1-7,12H,8,14H2,(H,15,16);1-3,6H,4,8H2,(H,9,10)/t12-;6-/m00/s1. The fourth-order valence-electron chi connectivity index (χ4n) is 2.53. The molecular weight excluding hydrogens is 364 g/mol. The van der Waals surface area contributed by atoms with Gasteiger partial charge in [0.1, 0.15) is 12.1 Å². The van der Waals surface area contributed by atoms with Gasteiger partial charge >= 0.3 is 11.9 Å². The first-order valence-electron chi connectivity index (χ1n) is 8.34. The van der Waals surface area contributed by atoms with E-state index in [1.165, 1.54) is 11.3 Å². The Labute approximate surface area is 161 Å². The van der Waals surface area contributed by atoms with E-state index in [0.29, 0.717) is 12.8 Å². The molecule has 0 radical (unpaired) electrons. The molecule has 6 nitrogen and oxygen atoms in total. The third-order valence-corrected chi connectivity index (χ3v) is 4.85. The fourth-order valence-corrected chi connectivity index (χ4v) is 3.29. The summed E-state index contributed by atoms with van der Waals surface area (Å²) in [5.74, 6) is -1.91. The third-order valence-electron chi connectivity index (χ3n) is 3.96. The second-order valence-electron chi connectivity index (χ2n) is 6.02. The maximum atomic E-state index is 10.7. The second-order valence-corrected chi connectivity index (χ2v) is 7.05. The summed E-state index contributed by atoms with van der Waals surface area (Å²) in [6.45, 7) is 0. The molecule has 0 aliphatic rings. The molecule has 0 spiro atoms. The van der Waals surface area contributed by atoms with E-state index in [1.54, 1.807) is 0 Å². The Morgan fingerprint density at radius 2 is 1.48 bits per heavy atom. The highest BCUT2D eigenvalue weighted by atomic mass is 32.1. The summed E-state index contributed by atoms with van der Waals surface area (Å²) >= 11 is 1.53. The number of thiophene rings is 1. The van der Waals surface area contributed by atoms with Crippen molar-refractivity contribution in [2.45, 2.75) is 24.9 Å². The van der Waals surface area contributed by atoms with E-state index in [1.807, 2.05) is 60.0 Å². The molecule has 3 aromatic rings. The predicted molar refractivity (Wildman–Crippen MR) is 107 cm³/mol. The van der Waals surface area contributed by atoms with Crippen molar-refractivity contribution in [2.75, 3.05) is 0 Å². The zero-order valence-electron chi connectivity index (χ0n) is 14.6. The summed E-state index contributed by atoms with van der Waals surface area (Å²) in [7, 11) is 0. The number of hydrogen-bond acceptors (Lipinski definition) is 5. The van der Waals surface area contributed by atoms with Crippen LogP contribution in [0.15, 0.2) is 60.0 Å². The summed E-state index contributed by atoms with van der Waals surface area (Å²) in [5.41, 5.74) is 11.8. The molecule has 142 valence electrons. The summed E-state index contributed by atoms with van der Waals surface area (Å²) in [6.07, 6.45) is 0.781. The topological polar surface area (TPSA) is 127 Å².